The summed E-state index contributed by atoms with van der Waals surface area (Å²) in [5.41, 5.74) is 2.26. The first-order valence-corrected chi connectivity index (χ1v) is 8.34. The molecule has 0 N–H and O–H groups in total. The van der Waals surface area contributed by atoms with Crippen molar-refractivity contribution in [1.29, 1.82) is 0 Å². The van der Waals surface area contributed by atoms with Crippen LogP contribution in [0.2, 0.25) is 0 Å². The number of carbonyl (C=O) groups is 2. The number of benzene rings is 1. The normalized spacial score (nSPS) is 10.6. The number of hydrogen-bond donors (Lipinski definition) is 0. The molecular weight excluding hydrogens is 346 g/mol. The molecule has 0 aliphatic carbocycles. The van der Waals surface area contributed by atoms with E-state index in [4.69, 9.17) is 4.74 Å². The Bertz CT molecular complexity index is 997. The highest BCUT2D eigenvalue weighted by Crippen LogP contribution is 2.14. The molecule has 2 heterocycles. The van der Waals surface area contributed by atoms with E-state index in [2.05, 4.69) is 21.6 Å². The fraction of sp³-hybridized carbons (Fsp3) is 0.211. The first kappa shape index (κ1) is 18.2. The second-order valence-corrected chi connectivity index (χ2v) is 5.89. The minimum absolute atomic E-state index is 0.140. The summed E-state index contributed by atoms with van der Waals surface area (Å²) in [6.45, 7) is 7.20. The van der Waals surface area contributed by atoms with E-state index in [9.17, 15) is 9.59 Å². The van der Waals surface area contributed by atoms with Gasteiger partial charge in [0.05, 0.1) is 0 Å². The average molecular weight is 365 g/mol. The SMILES string of the molecule is C=CCN(C(=O)COC(=O)c1nc2nc(C)cc(C)n2n1)c1ccccc1. The number of hydrogen-bond acceptors (Lipinski definition) is 6. The number of ether oxygens (including phenoxy) is 1. The van der Waals surface area contributed by atoms with E-state index in [0.29, 0.717) is 18.0 Å². The van der Waals surface area contributed by atoms with Crippen LogP contribution in [0.25, 0.3) is 5.78 Å². The summed E-state index contributed by atoms with van der Waals surface area (Å²) in [7, 11) is 0. The molecule has 0 aliphatic heterocycles. The zero-order valence-corrected chi connectivity index (χ0v) is 15.1. The fourth-order valence-corrected chi connectivity index (χ4v) is 2.61. The Balaban J connectivity index is 1.71. The molecule has 138 valence electrons. The summed E-state index contributed by atoms with van der Waals surface area (Å²) in [5, 5.41) is 4.10. The van der Waals surface area contributed by atoms with Crippen molar-refractivity contribution in [3.05, 3.63) is 66.3 Å². The van der Waals surface area contributed by atoms with Crippen LogP contribution in [0.3, 0.4) is 0 Å². The minimum atomic E-state index is -0.780. The number of amides is 1. The van der Waals surface area contributed by atoms with E-state index >= 15 is 0 Å². The van der Waals surface area contributed by atoms with Gasteiger partial charge in [-0.2, -0.15) is 4.98 Å². The van der Waals surface area contributed by atoms with E-state index in [1.54, 1.807) is 18.2 Å². The number of aromatic nitrogens is 4. The van der Waals surface area contributed by atoms with Gasteiger partial charge in [-0.15, -0.1) is 11.7 Å². The number of fused-ring (bicyclic) bond motifs is 1. The molecule has 3 aromatic rings. The average Bonchev–Trinajstić information content (AvgIpc) is 3.09. The largest absolute Gasteiger partial charge is 0.450 e. The highest BCUT2D eigenvalue weighted by molar-refractivity contribution is 5.96. The van der Waals surface area contributed by atoms with Gasteiger partial charge in [0.25, 0.3) is 17.5 Å². The summed E-state index contributed by atoms with van der Waals surface area (Å²) in [4.78, 5) is 34.5. The Morgan fingerprint density at radius 3 is 2.67 bits per heavy atom. The van der Waals surface area contributed by atoms with Crippen molar-refractivity contribution in [3.63, 3.8) is 0 Å². The first-order valence-electron chi connectivity index (χ1n) is 8.34. The van der Waals surface area contributed by atoms with E-state index in [1.165, 1.54) is 9.42 Å². The predicted octanol–water partition coefficient (Wildman–Crippen LogP) is 2.12. The van der Waals surface area contributed by atoms with Crippen molar-refractivity contribution in [3.8, 4) is 0 Å². The zero-order chi connectivity index (χ0) is 19.4. The number of esters is 1. The molecule has 1 aromatic carbocycles. The summed E-state index contributed by atoms with van der Waals surface area (Å²) in [5.74, 6) is -0.983. The Kier molecular flexibility index (Phi) is 5.25. The molecule has 3 rings (SSSR count). The lowest BCUT2D eigenvalue weighted by molar-refractivity contribution is -0.121. The number of anilines is 1. The van der Waals surface area contributed by atoms with E-state index in [1.807, 2.05) is 38.1 Å². The number of para-hydroxylation sites is 1. The number of aryl methyl sites for hydroxylation is 2. The molecule has 0 spiro atoms. The van der Waals surface area contributed by atoms with Crippen LogP contribution in [0.4, 0.5) is 5.69 Å². The van der Waals surface area contributed by atoms with Gasteiger partial charge in [0, 0.05) is 23.6 Å². The molecule has 0 unspecified atom stereocenters. The lowest BCUT2D eigenvalue weighted by Gasteiger charge is -2.20. The Labute approximate surface area is 156 Å². The molecule has 8 heteroatoms. The summed E-state index contributed by atoms with van der Waals surface area (Å²) < 4.78 is 6.57. The van der Waals surface area contributed by atoms with Crippen LogP contribution in [0.1, 0.15) is 22.0 Å². The molecule has 0 bridgehead atoms. The van der Waals surface area contributed by atoms with Gasteiger partial charge in [-0.05, 0) is 32.0 Å². The van der Waals surface area contributed by atoms with Gasteiger partial charge in [-0.25, -0.2) is 14.3 Å². The number of rotatable bonds is 6. The van der Waals surface area contributed by atoms with Crippen molar-refractivity contribution in [2.45, 2.75) is 13.8 Å². The predicted molar refractivity (Wildman–Crippen MR) is 99.5 cm³/mol. The first-order chi connectivity index (χ1) is 13.0. The van der Waals surface area contributed by atoms with E-state index in [0.717, 1.165) is 11.4 Å². The molecule has 0 saturated heterocycles. The summed E-state index contributed by atoms with van der Waals surface area (Å²) in [6, 6.07) is 10.9. The van der Waals surface area contributed by atoms with E-state index < -0.39 is 12.6 Å². The Morgan fingerprint density at radius 1 is 1.22 bits per heavy atom. The second-order valence-electron chi connectivity index (χ2n) is 5.89. The van der Waals surface area contributed by atoms with Gasteiger partial charge < -0.3 is 9.64 Å². The molecule has 0 fully saturated rings. The molecule has 0 radical (unpaired) electrons. The van der Waals surface area contributed by atoms with Crippen LogP contribution in [0.15, 0.2) is 49.1 Å². The lowest BCUT2D eigenvalue weighted by Crippen LogP contribution is -2.35. The topological polar surface area (TPSA) is 89.7 Å². The molecule has 2 aromatic heterocycles. The van der Waals surface area contributed by atoms with Gasteiger partial charge in [0.15, 0.2) is 6.61 Å². The van der Waals surface area contributed by atoms with Gasteiger partial charge in [-0.1, -0.05) is 24.3 Å². The highest BCUT2D eigenvalue weighted by Gasteiger charge is 2.20. The van der Waals surface area contributed by atoms with Crippen LogP contribution in [0.5, 0.6) is 0 Å². The molecule has 0 atom stereocenters. The summed E-state index contributed by atoms with van der Waals surface area (Å²) >= 11 is 0. The molecule has 27 heavy (non-hydrogen) atoms. The molecule has 0 aliphatic rings. The fourth-order valence-electron chi connectivity index (χ4n) is 2.61. The standard InChI is InChI=1S/C19H19N5O3/c1-4-10-23(15-8-6-5-7-9-15)16(25)12-27-18(26)17-21-19-20-13(2)11-14(3)24(19)22-17/h4-9,11H,1,10,12H2,2-3H3. The maximum Gasteiger partial charge on any atom is 0.378 e. The number of carbonyl (C=O) groups excluding carboxylic acids is 2. The van der Waals surface area contributed by atoms with Crippen LogP contribution in [-0.4, -0.2) is 44.6 Å². The third-order valence-electron chi connectivity index (χ3n) is 3.81. The molecule has 8 nitrogen and oxygen atoms in total. The highest BCUT2D eigenvalue weighted by atomic mass is 16.5. The van der Waals surface area contributed by atoms with Crippen molar-refractivity contribution in [1.82, 2.24) is 19.6 Å². The molecule has 1 amide bonds. The Morgan fingerprint density at radius 2 is 1.96 bits per heavy atom. The van der Waals surface area contributed by atoms with Crippen LogP contribution in [-0.2, 0) is 9.53 Å². The van der Waals surface area contributed by atoms with Gasteiger partial charge in [-0.3, -0.25) is 4.79 Å². The van der Waals surface area contributed by atoms with Crippen LogP contribution < -0.4 is 4.90 Å². The molecule has 0 saturated carbocycles. The van der Waals surface area contributed by atoms with Crippen molar-refractivity contribution < 1.29 is 14.3 Å². The third kappa shape index (κ3) is 4.00. The number of nitrogens with zero attached hydrogens (tertiary/aromatic N) is 5. The quantitative estimate of drug-likeness (QED) is 0.491. The van der Waals surface area contributed by atoms with Gasteiger partial charge >= 0.3 is 5.97 Å². The summed E-state index contributed by atoms with van der Waals surface area (Å²) in [6.07, 6.45) is 1.60. The molecular formula is C19H19N5O3. The Hall–Kier alpha value is -3.55. The zero-order valence-electron chi connectivity index (χ0n) is 15.1. The van der Waals surface area contributed by atoms with Gasteiger partial charge in [0.1, 0.15) is 0 Å². The maximum absolute atomic E-state index is 12.5. The van der Waals surface area contributed by atoms with Crippen molar-refractivity contribution >= 4 is 23.3 Å². The van der Waals surface area contributed by atoms with Crippen LogP contribution in [0, 0.1) is 13.8 Å². The second kappa shape index (κ2) is 7.77. The van der Waals surface area contributed by atoms with Gasteiger partial charge in [0.2, 0.25) is 0 Å². The van der Waals surface area contributed by atoms with Crippen LogP contribution >= 0.6 is 0 Å². The minimum Gasteiger partial charge on any atom is -0.450 e. The lowest BCUT2D eigenvalue weighted by atomic mass is 10.3. The van der Waals surface area contributed by atoms with E-state index in [-0.39, 0.29) is 11.7 Å². The van der Waals surface area contributed by atoms with Crippen molar-refractivity contribution in [2.75, 3.05) is 18.1 Å². The smallest absolute Gasteiger partial charge is 0.378 e. The van der Waals surface area contributed by atoms with Crippen molar-refractivity contribution in [2.24, 2.45) is 0 Å². The monoisotopic (exact) mass is 365 g/mol. The maximum atomic E-state index is 12.5. The third-order valence-corrected chi connectivity index (χ3v) is 3.81.